The molecular weight excluding hydrogens is 278 g/mol. The van der Waals surface area contributed by atoms with Crippen LogP contribution in [0.3, 0.4) is 0 Å². The molecule has 1 fully saturated rings. The first-order valence-corrected chi connectivity index (χ1v) is 7.93. The lowest BCUT2D eigenvalue weighted by atomic mass is 10.1. The molecule has 0 saturated carbocycles. The lowest BCUT2D eigenvalue weighted by Crippen LogP contribution is -2.43. The van der Waals surface area contributed by atoms with Crippen molar-refractivity contribution >= 4 is 17.6 Å². The van der Waals surface area contributed by atoms with Gasteiger partial charge in [0.2, 0.25) is 5.91 Å². The van der Waals surface area contributed by atoms with Gasteiger partial charge in [0.1, 0.15) is 0 Å². The van der Waals surface area contributed by atoms with Crippen LogP contribution in [0.2, 0.25) is 0 Å². The Morgan fingerprint density at radius 1 is 1.32 bits per heavy atom. The van der Waals surface area contributed by atoms with Crippen LogP contribution in [0.5, 0.6) is 0 Å². The molecule has 0 aliphatic carbocycles. The molecule has 0 spiro atoms. The fourth-order valence-corrected chi connectivity index (χ4v) is 2.56. The van der Waals surface area contributed by atoms with E-state index in [2.05, 4.69) is 24.5 Å². The van der Waals surface area contributed by atoms with Gasteiger partial charge in [0, 0.05) is 25.2 Å². The third-order valence-corrected chi connectivity index (χ3v) is 4.08. The van der Waals surface area contributed by atoms with Crippen LogP contribution in [0, 0.1) is 13.8 Å². The summed E-state index contributed by atoms with van der Waals surface area (Å²) < 4.78 is 0. The number of aryl methyl sites for hydroxylation is 2. The van der Waals surface area contributed by atoms with E-state index < -0.39 is 0 Å². The lowest BCUT2D eigenvalue weighted by molar-refractivity contribution is -0.117. The Hall–Kier alpha value is -2.04. The van der Waals surface area contributed by atoms with E-state index in [1.165, 1.54) is 11.1 Å². The molecular formula is C17H25N3O2. The van der Waals surface area contributed by atoms with E-state index >= 15 is 0 Å². The van der Waals surface area contributed by atoms with Crippen molar-refractivity contribution in [2.75, 3.05) is 18.0 Å². The van der Waals surface area contributed by atoms with Crippen molar-refractivity contribution in [2.24, 2.45) is 0 Å². The number of urea groups is 1. The molecule has 120 valence electrons. The number of carbonyl (C=O) groups excluding carboxylic acids is 2. The highest BCUT2D eigenvalue weighted by Gasteiger charge is 2.31. The molecule has 2 rings (SSSR count). The molecule has 1 aromatic carbocycles. The Morgan fingerprint density at radius 2 is 2.09 bits per heavy atom. The van der Waals surface area contributed by atoms with Gasteiger partial charge in [-0.3, -0.25) is 4.79 Å². The number of nitrogens with zero attached hydrogens (tertiary/aromatic N) is 1. The highest BCUT2D eigenvalue weighted by atomic mass is 16.2. The Kier molecular flexibility index (Phi) is 5.41. The van der Waals surface area contributed by atoms with E-state index in [1.807, 2.05) is 25.1 Å². The number of benzene rings is 1. The zero-order chi connectivity index (χ0) is 16.1. The molecule has 5 nitrogen and oxygen atoms in total. The molecule has 1 heterocycles. The standard InChI is InChI=1S/C17H25N3O2/c1-4-5-8-18-17(22)19-14-10-16(21)20(11-14)15-7-6-12(2)13(3)9-15/h6-7,9,14H,4-5,8,10-11H2,1-3H3,(H2,18,19,22)/t14-/m1/s1. The Labute approximate surface area is 132 Å². The molecule has 1 aliphatic rings. The quantitative estimate of drug-likeness (QED) is 0.821. The monoisotopic (exact) mass is 303 g/mol. The summed E-state index contributed by atoms with van der Waals surface area (Å²) >= 11 is 0. The summed E-state index contributed by atoms with van der Waals surface area (Å²) in [6, 6.07) is 5.70. The number of rotatable bonds is 5. The van der Waals surface area contributed by atoms with Crippen molar-refractivity contribution in [1.82, 2.24) is 10.6 Å². The number of hydrogen-bond acceptors (Lipinski definition) is 2. The second-order valence-corrected chi connectivity index (χ2v) is 5.93. The number of unbranched alkanes of at least 4 members (excludes halogenated alkanes) is 1. The number of hydrogen-bond donors (Lipinski definition) is 2. The third-order valence-electron chi connectivity index (χ3n) is 4.08. The fraction of sp³-hybridized carbons (Fsp3) is 0.529. The molecule has 22 heavy (non-hydrogen) atoms. The average molecular weight is 303 g/mol. The first kappa shape index (κ1) is 16.3. The highest BCUT2D eigenvalue weighted by Crippen LogP contribution is 2.23. The van der Waals surface area contributed by atoms with E-state index in [4.69, 9.17) is 0 Å². The topological polar surface area (TPSA) is 61.4 Å². The Balaban J connectivity index is 1.93. The zero-order valence-electron chi connectivity index (χ0n) is 13.6. The van der Waals surface area contributed by atoms with Crippen LogP contribution in [-0.2, 0) is 4.79 Å². The van der Waals surface area contributed by atoms with Gasteiger partial charge < -0.3 is 15.5 Å². The first-order chi connectivity index (χ1) is 10.5. The minimum Gasteiger partial charge on any atom is -0.338 e. The van der Waals surface area contributed by atoms with Gasteiger partial charge in [0.05, 0.1) is 6.04 Å². The van der Waals surface area contributed by atoms with Crippen LogP contribution in [0.15, 0.2) is 18.2 Å². The highest BCUT2D eigenvalue weighted by molar-refractivity contribution is 5.96. The van der Waals surface area contributed by atoms with Crippen molar-refractivity contribution in [3.8, 4) is 0 Å². The van der Waals surface area contributed by atoms with Crippen LogP contribution in [0.25, 0.3) is 0 Å². The number of nitrogens with one attached hydrogen (secondary N) is 2. The second kappa shape index (κ2) is 7.29. The van der Waals surface area contributed by atoms with Crippen LogP contribution < -0.4 is 15.5 Å². The third kappa shape index (κ3) is 4.00. The van der Waals surface area contributed by atoms with Crippen molar-refractivity contribution in [1.29, 1.82) is 0 Å². The van der Waals surface area contributed by atoms with E-state index in [9.17, 15) is 9.59 Å². The van der Waals surface area contributed by atoms with Crippen LogP contribution in [-0.4, -0.2) is 31.1 Å². The van der Waals surface area contributed by atoms with E-state index in [-0.39, 0.29) is 18.0 Å². The molecule has 0 bridgehead atoms. The van der Waals surface area contributed by atoms with E-state index in [0.29, 0.717) is 19.5 Å². The van der Waals surface area contributed by atoms with Crippen molar-refractivity contribution in [2.45, 2.75) is 46.1 Å². The van der Waals surface area contributed by atoms with Crippen LogP contribution in [0.1, 0.15) is 37.3 Å². The number of amides is 3. The predicted molar refractivity (Wildman–Crippen MR) is 88.1 cm³/mol. The summed E-state index contributed by atoms with van der Waals surface area (Å²) in [4.78, 5) is 25.7. The minimum absolute atomic E-state index is 0.0575. The summed E-state index contributed by atoms with van der Waals surface area (Å²) in [5, 5.41) is 5.70. The van der Waals surface area contributed by atoms with Crippen molar-refractivity contribution in [3.05, 3.63) is 29.3 Å². The summed E-state index contributed by atoms with van der Waals surface area (Å²) in [5.41, 5.74) is 3.28. The molecule has 2 N–H and O–H groups in total. The molecule has 5 heteroatoms. The lowest BCUT2D eigenvalue weighted by Gasteiger charge is -2.18. The molecule has 1 aromatic rings. The van der Waals surface area contributed by atoms with Gasteiger partial charge in [-0.1, -0.05) is 19.4 Å². The summed E-state index contributed by atoms with van der Waals surface area (Å²) in [6.07, 6.45) is 2.36. The van der Waals surface area contributed by atoms with Gasteiger partial charge in [0.25, 0.3) is 0 Å². The predicted octanol–water partition coefficient (Wildman–Crippen LogP) is 2.51. The van der Waals surface area contributed by atoms with Crippen molar-refractivity contribution in [3.63, 3.8) is 0 Å². The smallest absolute Gasteiger partial charge is 0.315 e. The SMILES string of the molecule is CCCCNC(=O)N[C@@H]1CC(=O)N(c2ccc(C)c(C)c2)C1. The Bertz CT molecular complexity index is 557. The maximum atomic E-state index is 12.2. The molecule has 1 aliphatic heterocycles. The van der Waals surface area contributed by atoms with Gasteiger partial charge in [-0.2, -0.15) is 0 Å². The second-order valence-electron chi connectivity index (χ2n) is 5.93. The van der Waals surface area contributed by atoms with Gasteiger partial charge >= 0.3 is 6.03 Å². The molecule has 0 aromatic heterocycles. The molecule has 1 atom stereocenters. The summed E-state index contributed by atoms with van der Waals surface area (Å²) in [7, 11) is 0. The van der Waals surface area contributed by atoms with E-state index in [1.54, 1.807) is 4.90 Å². The number of anilines is 1. The van der Waals surface area contributed by atoms with Gasteiger partial charge in [0.15, 0.2) is 0 Å². The van der Waals surface area contributed by atoms with Crippen LogP contribution >= 0.6 is 0 Å². The average Bonchev–Trinajstić information content (AvgIpc) is 2.83. The first-order valence-electron chi connectivity index (χ1n) is 7.93. The zero-order valence-corrected chi connectivity index (χ0v) is 13.6. The number of carbonyl (C=O) groups is 2. The van der Waals surface area contributed by atoms with E-state index in [0.717, 1.165) is 18.5 Å². The summed E-state index contributed by atoms with van der Waals surface area (Å²) in [5.74, 6) is 0.0575. The minimum atomic E-state index is -0.187. The molecule has 1 saturated heterocycles. The van der Waals surface area contributed by atoms with Crippen LogP contribution in [0.4, 0.5) is 10.5 Å². The molecule has 0 unspecified atom stereocenters. The summed E-state index contributed by atoms with van der Waals surface area (Å²) in [6.45, 7) is 7.37. The molecule has 0 radical (unpaired) electrons. The maximum absolute atomic E-state index is 12.2. The van der Waals surface area contributed by atoms with Crippen molar-refractivity contribution < 1.29 is 9.59 Å². The largest absolute Gasteiger partial charge is 0.338 e. The maximum Gasteiger partial charge on any atom is 0.315 e. The van der Waals surface area contributed by atoms with Gasteiger partial charge in [-0.15, -0.1) is 0 Å². The fourth-order valence-electron chi connectivity index (χ4n) is 2.56. The molecule has 3 amide bonds. The normalized spacial score (nSPS) is 17.7. The van der Waals surface area contributed by atoms with Gasteiger partial charge in [-0.25, -0.2) is 4.79 Å². The Morgan fingerprint density at radius 3 is 2.77 bits per heavy atom. The van der Waals surface area contributed by atoms with Gasteiger partial charge in [-0.05, 0) is 43.5 Å².